The lowest BCUT2D eigenvalue weighted by Gasteiger charge is -1.98. The van der Waals surface area contributed by atoms with Crippen LogP contribution in [0.2, 0.25) is 0 Å². The quantitative estimate of drug-likeness (QED) is 0.710. The van der Waals surface area contributed by atoms with Crippen molar-refractivity contribution >= 4 is 17.0 Å². The molecule has 0 aliphatic carbocycles. The Morgan fingerprint density at radius 2 is 1.47 bits per heavy atom. The lowest BCUT2D eigenvalue weighted by atomic mass is 10.2. The SMILES string of the molecule is C[S+](C/C=C/c1ccccc1)c1ccccc1. The molecule has 1 heteroatoms. The van der Waals surface area contributed by atoms with Crippen LogP contribution in [0.4, 0.5) is 0 Å². The minimum Gasteiger partial charge on any atom is -0.0622 e. The Morgan fingerprint density at radius 1 is 0.882 bits per heavy atom. The first-order valence-electron chi connectivity index (χ1n) is 5.75. The molecule has 0 heterocycles. The van der Waals surface area contributed by atoms with E-state index in [9.17, 15) is 0 Å². The van der Waals surface area contributed by atoms with Gasteiger partial charge in [0.05, 0.1) is 0 Å². The highest BCUT2D eigenvalue weighted by molar-refractivity contribution is 7.96. The first kappa shape index (κ1) is 12.0. The van der Waals surface area contributed by atoms with Crippen molar-refractivity contribution in [1.29, 1.82) is 0 Å². The van der Waals surface area contributed by atoms with Crippen LogP contribution in [0.15, 0.2) is 71.6 Å². The molecule has 0 aliphatic rings. The van der Waals surface area contributed by atoms with Crippen molar-refractivity contribution in [3.05, 3.63) is 72.3 Å². The average molecular weight is 241 g/mol. The second kappa shape index (κ2) is 6.31. The Hall–Kier alpha value is -1.47. The first-order chi connectivity index (χ1) is 8.36. The molecule has 2 rings (SSSR count). The summed E-state index contributed by atoms with van der Waals surface area (Å²) in [6.07, 6.45) is 6.77. The minimum absolute atomic E-state index is 0.306. The molecule has 0 bridgehead atoms. The number of rotatable bonds is 4. The summed E-state index contributed by atoms with van der Waals surface area (Å²) in [5.74, 6) is 1.11. The maximum absolute atomic E-state index is 2.30. The van der Waals surface area contributed by atoms with Crippen LogP contribution in [0.3, 0.4) is 0 Å². The smallest absolute Gasteiger partial charge is 0.0622 e. The van der Waals surface area contributed by atoms with Crippen LogP contribution in [0.25, 0.3) is 6.08 Å². The van der Waals surface area contributed by atoms with E-state index >= 15 is 0 Å². The van der Waals surface area contributed by atoms with Gasteiger partial charge in [-0.2, -0.15) is 0 Å². The lowest BCUT2D eigenvalue weighted by molar-refractivity contribution is 1.44. The van der Waals surface area contributed by atoms with Gasteiger partial charge in [-0.25, -0.2) is 0 Å². The van der Waals surface area contributed by atoms with Crippen LogP contribution in [-0.2, 0) is 10.9 Å². The van der Waals surface area contributed by atoms with Gasteiger partial charge in [0.15, 0.2) is 4.90 Å². The number of benzene rings is 2. The molecule has 17 heavy (non-hydrogen) atoms. The van der Waals surface area contributed by atoms with Gasteiger partial charge in [-0.15, -0.1) is 0 Å². The second-order valence-electron chi connectivity index (χ2n) is 3.93. The van der Waals surface area contributed by atoms with Gasteiger partial charge >= 0.3 is 0 Å². The van der Waals surface area contributed by atoms with E-state index in [1.165, 1.54) is 10.5 Å². The molecular weight excluding hydrogens is 224 g/mol. The first-order valence-corrected chi connectivity index (χ1v) is 7.55. The third-order valence-electron chi connectivity index (χ3n) is 2.60. The van der Waals surface area contributed by atoms with Crippen molar-refractivity contribution in [2.75, 3.05) is 12.0 Å². The summed E-state index contributed by atoms with van der Waals surface area (Å²) >= 11 is 0. The van der Waals surface area contributed by atoms with Gasteiger partial charge in [-0.3, -0.25) is 0 Å². The third kappa shape index (κ3) is 3.79. The maximum Gasteiger partial charge on any atom is 0.154 e. The summed E-state index contributed by atoms with van der Waals surface area (Å²) in [5.41, 5.74) is 1.28. The molecule has 0 amide bonds. The zero-order chi connectivity index (χ0) is 11.9. The van der Waals surface area contributed by atoms with Crippen molar-refractivity contribution in [3.8, 4) is 0 Å². The van der Waals surface area contributed by atoms with Crippen LogP contribution in [0, 0.1) is 0 Å². The molecule has 0 saturated carbocycles. The number of hydrogen-bond acceptors (Lipinski definition) is 0. The molecule has 0 fully saturated rings. The molecule has 0 spiro atoms. The molecule has 1 unspecified atom stereocenters. The molecule has 2 aromatic carbocycles. The predicted octanol–water partition coefficient (Wildman–Crippen LogP) is 4.01. The average Bonchev–Trinajstić information content (AvgIpc) is 2.41. The van der Waals surface area contributed by atoms with Crippen molar-refractivity contribution < 1.29 is 0 Å². The Kier molecular flexibility index (Phi) is 4.45. The maximum atomic E-state index is 2.30. The molecule has 0 nitrogen and oxygen atoms in total. The van der Waals surface area contributed by atoms with Crippen LogP contribution in [-0.4, -0.2) is 12.0 Å². The second-order valence-corrected chi connectivity index (χ2v) is 6.01. The highest BCUT2D eigenvalue weighted by atomic mass is 32.2. The van der Waals surface area contributed by atoms with E-state index in [2.05, 4.69) is 73.0 Å². The summed E-state index contributed by atoms with van der Waals surface area (Å²) in [5, 5.41) is 0. The van der Waals surface area contributed by atoms with Crippen LogP contribution in [0.1, 0.15) is 5.56 Å². The molecule has 1 atom stereocenters. The predicted molar refractivity (Wildman–Crippen MR) is 78.3 cm³/mol. The molecule has 0 aromatic heterocycles. The van der Waals surface area contributed by atoms with E-state index < -0.39 is 0 Å². The highest BCUT2D eigenvalue weighted by Gasteiger charge is 2.11. The van der Waals surface area contributed by atoms with Crippen molar-refractivity contribution in [3.63, 3.8) is 0 Å². The monoisotopic (exact) mass is 241 g/mol. The molecule has 0 radical (unpaired) electrons. The van der Waals surface area contributed by atoms with Crippen molar-refractivity contribution in [1.82, 2.24) is 0 Å². The fraction of sp³-hybridized carbons (Fsp3) is 0.125. The van der Waals surface area contributed by atoms with Gasteiger partial charge in [-0.1, -0.05) is 54.6 Å². The molecular formula is C16H17S+. The fourth-order valence-electron chi connectivity index (χ4n) is 1.64. The van der Waals surface area contributed by atoms with E-state index in [1.54, 1.807) is 0 Å². The van der Waals surface area contributed by atoms with Gasteiger partial charge < -0.3 is 0 Å². The summed E-state index contributed by atoms with van der Waals surface area (Å²) in [7, 11) is 0.306. The van der Waals surface area contributed by atoms with Crippen LogP contribution >= 0.6 is 0 Å². The Bertz CT molecular complexity index is 459. The van der Waals surface area contributed by atoms with Gasteiger partial charge in [0, 0.05) is 10.9 Å². The summed E-state index contributed by atoms with van der Waals surface area (Å²) in [6, 6.07) is 21.2. The van der Waals surface area contributed by atoms with Gasteiger partial charge in [0.25, 0.3) is 0 Å². The summed E-state index contributed by atoms with van der Waals surface area (Å²) in [6.45, 7) is 0. The molecule has 0 saturated heterocycles. The Morgan fingerprint density at radius 3 is 2.12 bits per heavy atom. The van der Waals surface area contributed by atoms with E-state index in [0.29, 0.717) is 10.9 Å². The summed E-state index contributed by atoms with van der Waals surface area (Å²) in [4.78, 5) is 1.44. The van der Waals surface area contributed by atoms with Gasteiger partial charge in [0.1, 0.15) is 12.0 Å². The normalized spacial score (nSPS) is 12.8. The molecule has 86 valence electrons. The zero-order valence-corrected chi connectivity index (χ0v) is 10.9. The Labute approximate surface area is 106 Å². The Balaban J connectivity index is 1.93. The van der Waals surface area contributed by atoms with Crippen molar-refractivity contribution in [2.24, 2.45) is 0 Å². The zero-order valence-electron chi connectivity index (χ0n) is 10.0. The largest absolute Gasteiger partial charge is 0.154 e. The number of hydrogen-bond donors (Lipinski definition) is 0. The van der Waals surface area contributed by atoms with Crippen LogP contribution in [0.5, 0.6) is 0 Å². The van der Waals surface area contributed by atoms with E-state index in [4.69, 9.17) is 0 Å². The highest BCUT2D eigenvalue weighted by Crippen LogP contribution is 2.11. The van der Waals surface area contributed by atoms with Gasteiger partial charge in [0.2, 0.25) is 0 Å². The minimum atomic E-state index is 0.306. The molecule has 2 aromatic rings. The van der Waals surface area contributed by atoms with E-state index in [1.807, 2.05) is 6.07 Å². The topological polar surface area (TPSA) is 0 Å². The molecule has 0 N–H and O–H groups in total. The van der Waals surface area contributed by atoms with Crippen LogP contribution < -0.4 is 0 Å². The van der Waals surface area contributed by atoms with Crippen molar-refractivity contribution in [2.45, 2.75) is 4.90 Å². The summed E-state index contributed by atoms with van der Waals surface area (Å²) < 4.78 is 0. The third-order valence-corrected chi connectivity index (χ3v) is 4.37. The lowest BCUT2D eigenvalue weighted by Crippen LogP contribution is -2.02. The molecule has 0 aliphatic heterocycles. The van der Waals surface area contributed by atoms with E-state index in [-0.39, 0.29) is 0 Å². The van der Waals surface area contributed by atoms with E-state index in [0.717, 1.165) is 5.75 Å². The fourth-order valence-corrected chi connectivity index (χ4v) is 2.84. The standard InChI is InChI=1S/C16H17S/c1-17(16-12-6-3-7-13-16)14-8-11-15-9-4-2-5-10-15/h2-13H,14H2,1H3/q+1/b11-8+. The van der Waals surface area contributed by atoms with Gasteiger partial charge in [-0.05, 0) is 23.8 Å².